The van der Waals surface area contributed by atoms with Crippen molar-refractivity contribution in [2.45, 2.75) is 58.3 Å². The molecule has 0 unspecified atom stereocenters. The second-order valence-corrected chi connectivity index (χ2v) is 5.70. The van der Waals surface area contributed by atoms with Gasteiger partial charge in [0, 0.05) is 5.41 Å². The Morgan fingerprint density at radius 2 is 1.89 bits per heavy atom. The predicted molar refractivity (Wildman–Crippen MR) is 75.0 cm³/mol. The van der Waals surface area contributed by atoms with Crippen molar-refractivity contribution in [1.29, 1.82) is 0 Å². The number of benzene rings is 1. The molecule has 0 saturated carbocycles. The molecule has 1 aromatic rings. The van der Waals surface area contributed by atoms with Crippen LogP contribution in [0, 0.1) is 5.82 Å². The van der Waals surface area contributed by atoms with Crippen molar-refractivity contribution in [2.24, 2.45) is 0 Å². The molecule has 0 aliphatic carbocycles. The fourth-order valence-corrected chi connectivity index (χ4v) is 2.49. The molecule has 19 heavy (non-hydrogen) atoms. The number of halogens is 1. The van der Waals surface area contributed by atoms with Crippen molar-refractivity contribution in [3.63, 3.8) is 0 Å². The van der Waals surface area contributed by atoms with Gasteiger partial charge >= 0.3 is 5.97 Å². The second-order valence-electron chi connectivity index (χ2n) is 5.70. The number of aliphatic carboxylic acids is 1. The van der Waals surface area contributed by atoms with E-state index in [2.05, 4.69) is 13.8 Å². The van der Waals surface area contributed by atoms with Crippen LogP contribution < -0.4 is 0 Å². The van der Waals surface area contributed by atoms with Crippen molar-refractivity contribution < 1.29 is 14.3 Å². The Morgan fingerprint density at radius 1 is 1.32 bits per heavy atom. The molecular formula is C16H23FO2. The Kier molecular flexibility index (Phi) is 5.10. The SMILES string of the molecule is CCC(CC)c1ccc(C(C)(C)CC(=O)O)cc1F. The lowest BCUT2D eigenvalue weighted by atomic mass is 9.80. The summed E-state index contributed by atoms with van der Waals surface area (Å²) in [7, 11) is 0. The normalized spacial score (nSPS) is 11.9. The average Bonchev–Trinajstić information content (AvgIpc) is 2.30. The van der Waals surface area contributed by atoms with Gasteiger partial charge < -0.3 is 5.11 Å². The first-order chi connectivity index (χ1) is 8.81. The van der Waals surface area contributed by atoms with Crippen LogP contribution in [0.1, 0.15) is 64.0 Å². The summed E-state index contributed by atoms with van der Waals surface area (Å²) in [6, 6.07) is 5.17. The third-order valence-electron chi connectivity index (χ3n) is 3.80. The standard InChI is InChI=1S/C16H23FO2/c1-5-11(6-2)13-8-7-12(9-14(13)17)16(3,4)10-15(18)19/h7-9,11H,5-6,10H2,1-4H3,(H,18,19). The summed E-state index contributed by atoms with van der Waals surface area (Å²) in [4.78, 5) is 10.8. The molecular weight excluding hydrogens is 243 g/mol. The quantitative estimate of drug-likeness (QED) is 0.824. The Morgan fingerprint density at radius 3 is 2.32 bits per heavy atom. The number of hydrogen-bond acceptors (Lipinski definition) is 1. The van der Waals surface area contributed by atoms with E-state index >= 15 is 0 Å². The highest BCUT2D eigenvalue weighted by atomic mass is 19.1. The molecule has 0 aromatic heterocycles. The number of hydrogen-bond donors (Lipinski definition) is 1. The van der Waals surface area contributed by atoms with Gasteiger partial charge in [-0.25, -0.2) is 4.39 Å². The Balaban J connectivity index is 3.08. The van der Waals surface area contributed by atoms with E-state index in [1.807, 2.05) is 26.0 Å². The zero-order valence-corrected chi connectivity index (χ0v) is 12.2. The van der Waals surface area contributed by atoms with Gasteiger partial charge in [0.05, 0.1) is 6.42 Å². The van der Waals surface area contributed by atoms with Gasteiger partial charge in [0.25, 0.3) is 0 Å². The molecule has 0 atom stereocenters. The minimum Gasteiger partial charge on any atom is -0.481 e. The van der Waals surface area contributed by atoms with Crippen molar-refractivity contribution >= 4 is 5.97 Å². The molecule has 0 fully saturated rings. The molecule has 0 spiro atoms. The molecule has 0 radical (unpaired) electrons. The third-order valence-corrected chi connectivity index (χ3v) is 3.80. The number of carboxylic acids is 1. The second kappa shape index (κ2) is 6.18. The lowest BCUT2D eigenvalue weighted by molar-refractivity contribution is -0.138. The fourth-order valence-electron chi connectivity index (χ4n) is 2.49. The summed E-state index contributed by atoms with van der Waals surface area (Å²) < 4.78 is 14.2. The monoisotopic (exact) mass is 266 g/mol. The molecule has 0 bridgehead atoms. The summed E-state index contributed by atoms with van der Waals surface area (Å²) in [5.74, 6) is -0.851. The maximum atomic E-state index is 14.2. The minimum atomic E-state index is -0.866. The van der Waals surface area contributed by atoms with E-state index in [-0.39, 0.29) is 18.2 Å². The molecule has 1 N–H and O–H groups in total. The summed E-state index contributed by atoms with van der Waals surface area (Å²) in [5.41, 5.74) is 0.918. The summed E-state index contributed by atoms with van der Waals surface area (Å²) >= 11 is 0. The molecule has 0 heterocycles. The minimum absolute atomic E-state index is 0.00320. The van der Waals surface area contributed by atoms with E-state index in [0.717, 1.165) is 24.0 Å². The zero-order valence-electron chi connectivity index (χ0n) is 12.2. The highest BCUT2D eigenvalue weighted by molar-refractivity contribution is 5.68. The van der Waals surface area contributed by atoms with E-state index in [1.54, 1.807) is 0 Å². The first-order valence-corrected chi connectivity index (χ1v) is 6.83. The van der Waals surface area contributed by atoms with Crippen LogP contribution in [0.15, 0.2) is 18.2 Å². The van der Waals surface area contributed by atoms with E-state index in [4.69, 9.17) is 5.11 Å². The Bertz CT molecular complexity index is 448. The molecule has 1 rings (SSSR count). The molecule has 0 saturated heterocycles. The van der Waals surface area contributed by atoms with E-state index < -0.39 is 11.4 Å². The van der Waals surface area contributed by atoms with Crippen molar-refractivity contribution in [1.82, 2.24) is 0 Å². The molecule has 1 aromatic carbocycles. The highest BCUT2D eigenvalue weighted by Crippen LogP contribution is 2.31. The number of carboxylic acid groups (broad SMARTS) is 1. The lowest BCUT2D eigenvalue weighted by Gasteiger charge is -2.24. The number of rotatable bonds is 6. The van der Waals surface area contributed by atoms with Crippen LogP contribution in [-0.2, 0) is 10.2 Å². The first kappa shape index (κ1) is 15.7. The Labute approximate surface area is 114 Å². The summed E-state index contributed by atoms with van der Waals surface area (Å²) in [5, 5.41) is 8.90. The molecule has 2 nitrogen and oxygen atoms in total. The van der Waals surface area contributed by atoms with Crippen LogP contribution >= 0.6 is 0 Å². The Hall–Kier alpha value is -1.38. The maximum absolute atomic E-state index is 14.2. The van der Waals surface area contributed by atoms with Crippen LogP contribution in [-0.4, -0.2) is 11.1 Å². The van der Waals surface area contributed by atoms with Gasteiger partial charge in [0.2, 0.25) is 0 Å². The van der Waals surface area contributed by atoms with E-state index in [1.165, 1.54) is 6.07 Å². The van der Waals surface area contributed by atoms with Gasteiger partial charge in [0.1, 0.15) is 5.82 Å². The number of carbonyl (C=O) groups is 1. The van der Waals surface area contributed by atoms with Gasteiger partial charge in [-0.3, -0.25) is 4.79 Å². The van der Waals surface area contributed by atoms with Crippen LogP contribution in [0.4, 0.5) is 4.39 Å². The van der Waals surface area contributed by atoms with E-state index in [9.17, 15) is 9.18 Å². The van der Waals surface area contributed by atoms with Gasteiger partial charge in [-0.1, -0.05) is 39.8 Å². The van der Waals surface area contributed by atoms with Gasteiger partial charge in [-0.15, -0.1) is 0 Å². The largest absolute Gasteiger partial charge is 0.481 e. The summed E-state index contributed by atoms with van der Waals surface area (Å²) in [6.45, 7) is 7.76. The zero-order chi connectivity index (χ0) is 14.6. The van der Waals surface area contributed by atoms with Crippen LogP contribution in [0.25, 0.3) is 0 Å². The maximum Gasteiger partial charge on any atom is 0.304 e. The van der Waals surface area contributed by atoms with Crippen LogP contribution in [0.2, 0.25) is 0 Å². The van der Waals surface area contributed by atoms with Crippen molar-refractivity contribution in [3.05, 3.63) is 35.1 Å². The van der Waals surface area contributed by atoms with Gasteiger partial charge in [-0.2, -0.15) is 0 Å². The van der Waals surface area contributed by atoms with Crippen molar-refractivity contribution in [3.8, 4) is 0 Å². The van der Waals surface area contributed by atoms with Crippen LogP contribution in [0.3, 0.4) is 0 Å². The lowest BCUT2D eigenvalue weighted by Crippen LogP contribution is -2.22. The van der Waals surface area contributed by atoms with Gasteiger partial charge in [-0.05, 0) is 36.0 Å². The predicted octanol–water partition coefficient (Wildman–Crippen LogP) is 4.48. The highest BCUT2D eigenvalue weighted by Gasteiger charge is 2.25. The topological polar surface area (TPSA) is 37.3 Å². The van der Waals surface area contributed by atoms with Gasteiger partial charge in [0.15, 0.2) is 0 Å². The average molecular weight is 266 g/mol. The third kappa shape index (κ3) is 3.79. The molecule has 106 valence electrons. The van der Waals surface area contributed by atoms with E-state index in [0.29, 0.717) is 0 Å². The summed E-state index contributed by atoms with van der Waals surface area (Å²) in [6.07, 6.45) is 1.81. The first-order valence-electron chi connectivity index (χ1n) is 6.83. The molecule has 0 amide bonds. The molecule has 0 aliphatic heterocycles. The molecule has 0 aliphatic rings. The van der Waals surface area contributed by atoms with Crippen molar-refractivity contribution in [2.75, 3.05) is 0 Å². The molecule has 3 heteroatoms. The smallest absolute Gasteiger partial charge is 0.304 e. The fraction of sp³-hybridized carbons (Fsp3) is 0.562. The van der Waals surface area contributed by atoms with Crippen LogP contribution in [0.5, 0.6) is 0 Å².